The van der Waals surface area contributed by atoms with Crippen LogP contribution in [0.25, 0.3) is 0 Å². The summed E-state index contributed by atoms with van der Waals surface area (Å²) in [4.78, 5) is 0. The van der Waals surface area contributed by atoms with Crippen LogP contribution in [0.5, 0.6) is 0 Å². The number of benzene rings is 1. The van der Waals surface area contributed by atoms with Crippen molar-refractivity contribution < 1.29 is 0 Å². The molecule has 0 nitrogen and oxygen atoms in total. The molecular formula is C13H22IP. The van der Waals surface area contributed by atoms with Gasteiger partial charge in [-0.1, -0.05) is 45.0 Å². The van der Waals surface area contributed by atoms with E-state index in [1.807, 2.05) is 0 Å². The first-order valence-electron chi connectivity index (χ1n) is 5.55. The van der Waals surface area contributed by atoms with Crippen LogP contribution < -0.4 is 0 Å². The van der Waals surface area contributed by atoms with Gasteiger partial charge >= 0.3 is 0 Å². The van der Waals surface area contributed by atoms with E-state index in [4.69, 9.17) is 0 Å². The Morgan fingerprint density at radius 3 is 2.07 bits per heavy atom. The van der Waals surface area contributed by atoms with Gasteiger partial charge in [-0.25, -0.2) is 0 Å². The predicted molar refractivity (Wildman–Crippen MR) is 83.2 cm³/mol. The first kappa shape index (κ1) is 15.4. The zero-order valence-corrected chi connectivity index (χ0v) is 13.4. The lowest BCUT2D eigenvalue weighted by atomic mass is 9.88. The molecule has 0 amide bonds. The molecule has 0 N–H and O–H groups in total. The SMILES string of the molecule is CCc1ccccc1C(P)(CC)CC.I. The molecule has 0 fully saturated rings. The molecular weight excluding hydrogens is 314 g/mol. The number of hydrogen-bond acceptors (Lipinski definition) is 0. The topological polar surface area (TPSA) is 0 Å². The summed E-state index contributed by atoms with van der Waals surface area (Å²) >= 11 is 0. The zero-order valence-electron chi connectivity index (χ0n) is 9.92. The third-order valence-corrected chi connectivity index (χ3v) is 4.32. The lowest BCUT2D eigenvalue weighted by molar-refractivity contribution is 0.573. The molecule has 0 aliphatic carbocycles. The average Bonchev–Trinajstić information content (AvgIpc) is 2.28. The Labute approximate surface area is 113 Å². The van der Waals surface area contributed by atoms with E-state index in [0.29, 0.717) is 0 Å². The maximum Gasteiger partial charge on any atom is 0.00950 e. The van der Waals surface area contributed by atoms with Crippen LogP contribution in [0.2, 0.25) is 0 Å². The van der Waals surface area contributed by atoms with Crippen LogP contribution in [0, 0.1) is 0 Å². The van der Waals surface area contributed by atoms with E-state index in [9.17, 15) is 0 Å². The Hall–Kier alpha value is 0.380. The monoisotopic (exact) mass is 336 g/mol. The molecule has 0 heterocycles. The fraction of sp³-hybridized carbons (Fsp3) is 0.538. The Kier molecular flexibility index (Phi) is 7.03. The van der Waals surface area contributed by atoms with Crippen molar-refractivity contribution in [3.63, 3.8) is 0 Å². The predicted octanol–water partition coefficient (Wildman–Crippen LogP) is 4.76. The van der Waals surface area contributed by atoms with E-state index in [-0.39, 0.29) is 29.1 Å². The summed E-state index contributed by atoms with van der Waals surface area (Å²) in [5.74, 6) is 0. The van der Waals surface area contributed by atoms with Crippen molar-refractivity contribution in [3.05, 3.63) is 35.4 Å². The number of rotatable bonds is 4. The highest BCUT2D eigenvalue weighted by Gasteiger charge is 2.24. The molecule has 0 aromatic heterocycles. The summed E-state index contributed by atoms with van der Waals surface area (Å²) < 4.78 is 0. The third-order valence-electron chi connectivity index (χ3n) is 3.20. The number of halogens is 1. The largest absolute Gasteiger partial charge is 0.126 e. The molecule has 0 bridgehead atoms. The van der Waals surface area contributed by atoms with Gasteiger partial charge < -0.3 is 0 Å². The minimum Gasteiger partial charge on any atom is -0.126 e. The van der Waals surface area contributed by atoms with Gasteiger partial charge in [0.1, 0.15) is 0 Å². The molecule has 0 aliphatic heterocycles. The second-order valence-corrected chi connectivity index (χ2v) is 4.98. The summed E-state index contributed by atoms with van der Waals surface area (Å²) in [5.41, 5.74) is 3.00. The molecule has 15 heavy (non-hydrogen) atoms. The van der Waals surface area contributed by atoms with Crippen LogP contribution in [0.1, 0.15) is 44.7 Å². The smallest absolute Gasteiger partial charge is 0.00950 e. The Balaban J connectivity index is 0.00000196. The molecule has 1 atom stereocenters. The fourth-order valence-electron chi connectivity index (χ4n) is 1.95. The summed E-state index contributed by atoms with van der Waals surface area (Å²) in [6, 6.07) is 8.82. The van der Waals surface area contributed by atoms with Crippen molar-refractivity contribution >= 4 is 33.2 Å². The molecule has 0 saturated carbocycles. The first-order valence-corrected chi connectivity index (χ1v) is 6.13. The summed E-state index contributed by atoms with van der Waals surface area (Å²) in [6.07, 6.45) is 3.50. The second kappa shape index (κ2) is 6.85. The van der Waals surface area contributed by atoms with E-state index in [1.165, 1.54) is 24.0 Å². The van der Waals surface area contributed by atoms with Crippen molar-refractivity contribution in [1.82, 2.24) is 0 Å². The lowest BCUT2D eigenvalue weighted by Crippen LogP contribution is -2.17. The van der Waals surface area contributed by atoms with Gasteiger partial charge in [0.2, 0.25) is 0 Å². The van der Waals surface area contributed by atoms with Gasteiger partial charge in [-0.2, -0.15) is 0 Å². The van der Waals surface area contributed by atoms with Crippen LogP contribution in [0.3, 0.4) is 0 Å². The van der Waals surface area contributed by atoms with Crippen molar-refractivity contribution in [2.75, 3.05) is 0 Å². The van der Waals surface area contributed by atoms with Gasteiger partial charge in [0.15, 0.2) is 0 Å². The molecule has 0 spiro atoms. The van der Waals surface area contributed by atoms with Gasteiger partial charge in [0.05, 0.1) is 0 Å². The number of hydrogen-bond donors (Lipinski definition) is 0. The van der Waals surface area contributed by atoms with E-state index >= 15 is 0 Å². The van der Waals surface area contributed by atoms with Crippen LogP contribution in [0.15, 0.2) is 24.3 Å². The molecule has 1 aromatic carbocycles. The second-order valence-electron chi connectivity index (χ2n) is 3.87. The lowest BCUT2D eigenvalue weighted by Gasteiger charge is -2.29. The highest BCUT2D eigenvalue weighted by Crippen LogP contribution is 2.40. The first-order chi connectivity index (χ1) is 6.68. The minimum absolute atomic E-state index is 0. The number of aryl methyl sites for hydroxylation is 1. The van der Waals surface area contributed by atoms with E-state index in [0.717, 1.165) is 6.42 Å². The van der Waals surface area contributed by atoms with Crippen molar-refractivity contribution in [2.45, 2.75) is 45.2 Å². The average molecular weight is 336 g/mol. The molecule has 2 heteroatoms. The fourth-order valence-corrected chi connectivity index (χ4v) is 2.23. The van der Waals surface area contributed by atoms with E-state index in [1.54, 1.807) is 0 Å². The minimum atomic E-state index is 0. The Morgan fingerprint density at radius 1 is 1.07 bits per heavy atom. The van der Waals surface area contributed by atoms with Crippen LogP contribution >= 0.6 is 33.2 Å². The molecule has 0 saturated heterocycles. The maximum absolute atomic E-state index is 3.05. The van der Waals surface area contributed by atoms with Gasteiger partial charge in [0.25, 0.3) is 0 Å². The highest BCUT2D eigenvalue weighted by molar-refractivity contribution is 14.0. The van der Waals surface area contributed by atoms with Crippen molar-refractivity contribution in [1.29, 1.82) is 0 Å². The molecule has 0 aliphatic rings. The van der Waals surface area contributed by atoms with Crippen molar-refractivity contribution in [3.8, 4) is 0 Å². The summed E-state index contributed by atoms with van der Waals surface area (Å²) in [5, 5.41) is 0.284. The zero-order chi connectivity index (χ0) is 10.6. The summed E-state index contributed by atoms with van der Waals surface area (Å²) in [7, 11) is 3.05. The molecule has 0 radical (unpaired) electrons. The van der Waals surface area contributed by atoms with E-state index in [2.05, 4.69) is 54.3 Å². The van der Waals surface area contributed by atoms with Crippen LogP contribution in [0.4, 0.5) is 0 Å². The Bertz CT molecular complexity index is 292. The van der Waals surface area contributed by atoms with Gasteiger partial charge in [-0.15, -0.1) is 33.2 Å². The summed E-state index contributed by atoms with van der Waals surface area (Å²) in [6.45, 7) is 6.76. The van der Waals surface area contributed by atoms with Crippen LogP contribution in [-0.4, -0.2) is 0 Å². The molecule has 1 unspecified atom stereocenters. The Morgan fingerprint density at radius 2 is 1.60 bits per heavy atom. The third kappa shape index (κ3) is 3.42. The van der Waals surface area contributed by atoms with Crippen molar-refractivity contribution in [2.24, 2.45) is 0 Å². The van der Waals surface area contributed by atoms with Gasteiger partial charge in [-0.05, 0) is 30.4 Å². The van der Waals surface area contributed by atoms with Gasteiger partial charge in [0, 0.05) is 5.16 Å². The highest BCUT2D eigenvalue weighted by atomic mass is 127. The van der Waals surface area contributed by atoms with Crippen LogP contribution in [-0.2, 0) is 11.6 Å². The normalized spacial score (nSPS) is 10.9. The molecule has 86 valence electrons. The maximum atomic E-state index is 3.05. The molecule has 1 aromatic rings. The molecule has 1 rings (SSSR count). The van der Waals surface area contributed by atoms with Gasteiger partial charge in [-0.3, -0.25) is 0 Å². The standard InChI is InChI=1S/C13H21P.HI/c1-4-11-9-7-8-10-12(11)13(14,5-2)6-3;/h7-10H,4-6,14H2,1-3H3;1H. The van der Waals surface area contributed by atoms with E-state index < -0.39 is 0 Å². The quantitative estimate of drug-likeness (QED) is 0.549.